The van der Waals surface area contributed by atoms with Crippen LogP contribution in [0.2, 0.25) is 0 Å². The maximum Gasteiger partial charge on any atom is 0.222 e. The average Bonchev–Trinajstić information content (AvgIpc) is 3.17. The van der Waals surface area contributed by atoms with E-state index in [4.69, 9.17) is 4.74 Å². The molecule has 2 aliphatic rings. The average molecular weight is 275 g/mol. The van der Waals surface area contributed by atoms with Crippen molar-refractivity contribution in [2.75, 3.05) is 25.1 Å². The van der Waals surface area contributed by atoms with Gasteiger partial charge < -0.3 is 10.1 Å². The molecule has 1 saturated carbocycles. The zero-order valence-electron chi connectivity index (χ0n) is 12.2. The number of ether oxygens (including phenoxy) is 1. The van der Waals surface area contributed by atoms with Crippen LogP contribution in [0.25, 0.3) is 0 Å². The molecule has 1 atom stereocenters. The zero-order chi connectivity index (χ0) is 13.6. The minimum absolute atomic E-state index is 0.661. The fraction of sp³-hybridized carbons (Fsp3) is 0.750. The van der Waals surface area contributed by atoms with E-state index >= 15 is 0 Å². The molecule has 2 heterocycles. The highest BCUT2D eigenvalue weighted by atomic mass is 16.5. The van der Waals surface area contributed by atoms with Crippen LogP contribution in [0.1, 0.15) is 56.6 Å². The predicted molar refractivity (Wildman–Crippen MR) is 79.9 cm³/mol. The van der Waals surface area contributed by atoms with Crippen LogP contribution in [0.5, 0.6) is 0 Å². The van der Waals surface area contributed by atoms with Gasteiger partial charge in [0.15, 0.2) is 0 Å². The Kier molecular flexibility index (Phi) is 4.85. The highest BCUT2D eigenvalue weighted by molar-refractivity contribution is 5.26. The van der Waals surface area contributed by atoms with Crippen LogP contribution in [0.3, 0.4) is 0 Å². The fourth-order valence-corrected chi connectivity index (χ4v) is 3.31. The van der Waals surface area contributed by atoms with Crippen LogP contribution in [0, 0.1) is 5.92 Å². The van der Waals surface area contributed by atoms with Gasteiger partial charge in [-0.2, -0.15) is 0 Å². The lowest BCUT2D eigenvalue weighted by atomic mass is 10.0. The van der Waals surface area contributed by atoms with Crippen LogP contribution in [0.4, 0.5) is 5.95 Å². The quantitative estimate of drug-likeness (QED) is 0.809. The Bertz CT molecular complexity index is 412. The van der Waals surface area contributed by atoms with E-state index in [1.165, 1.54) is 50.6 Å². The number of anilines is 1. The lowest BCUT2D eigenvalue weighted by Gasteiger charge is -2.11. The molecular formula is C16H25N3O. The lowest BCUT2D eigenvalue weighted by Crippen LogP contribution is -2.09. The van der Waals surface area contributed by atoms with E-state index in [-0.39, 0.29) is 0 Å². The number of rotatable bonds is 6. The molecule has 4 heteroatoms. The molecule has 4 nitrogen and oxygen atoms in total. The maximum atomic E-state index is 5.40. The van der Waals surface area contributed by atoms with Crippen LogP contribution in [0.15, 0.2) is 12.3 Å². The number of hydrogen-bond acceptors (Lipinski definition) is 4. The molecule has 110 valence electrons. The van der Waals surface area contributed by atoms with Gasteiger partial charge in [-0.05, 0) is 44.1 Å². The largest absolute Gasteiger partial charge is 0.381 e. The minimum atomic E-state index is 0.661. The van der Waals surface area contributed by atoms with Crippen molar-refractivity contribution in [3.63, 3.8) is 0 Å². The van der Waals surface area contributed by atoms with Crippen LogP contribution in [-0.2, 0) is 4.74 Å². The van der Waals surface area contributed by atoms with Crippen molar-refractivity contribution < 1.29 is 4.74 Å². The number of hydrogen-bond donors (Lipinski definition) is 1. The van der Waals surface area contributed by atoms with E-state index in [2.05, 4.69) is 21.4 Å². The molecule has 0 aromatic carbocycles. The summed E-state index contributed by atoms with van der Waals surface area (Å²) in [7, 11) is 0. The van der Waals surface area contributed by atoms with E-state index in [1.54, 1.807) is 0 Å². The van der Waals surface area contributed by atoms with Crippen LogP contribution in [-0.4, -0.2) is 29.7 Å². The van der Waals surface area contributed by atoms with E-state index in [0.717, 1.165) is 31.6 Å². The van der Waals surface area contributed by atoms with Crippen LogP contribution >= 0.6 is 0 Å². The van der Waals surface area contributed by atoms with Crippen LogP contribution < -0.4 is 5.32 Å². The van der Waals surface area contributed by atoms with E-state index in [9.17, 15) is 0 Å². The van der Waals surface area contributed by atoms with E-state index < -0.39 is 0 Å². The summed E-state index contributed by atoms with van der Waals surface area (Å²) < 4.78 is 5.40. The SMILES string of the molecule is c1cc(C2CCCC2)nc(NCCCC2CCOC2)n1. The Hall–Kier alpha value is -1.16. The first-order valence-corrected chi connectivity index (χ1v) is 8.06. The smallest absolute Gasteiger partial charge is 0.222 e. The number of aromatic nitrogens is 2. The lowest BCUT2D eigenvalue weighted by molar-refractivity contribution is 0.184. The molecule has 3 rings (SSSR count). The molecule has 0 amide bonds. The summed E-state index contributed by atoms with van der Waals surface area (Å²) in [5.41, 5.74) is 1.23. The summed E-state index contributed by atoms with van der Waals surface area (Å²) in [5, 5.41) is 3.37. The Morgan fingerprint density at radius 2 is 2.15 bits per heavy atom. The van der Waals surface area contributed by atoms with Gasteiger partial charge in [0.2, 0.25) is 5.95 Å². The highest BCUT2D eigenvalue weighted by Gasteiger charge is 2.18. The van der Waals surface area contributed by atoms with Gasteiger partial charge in [-0.3, -0.25) is 0 Å². The first kappa shape index (κ1) is 13.8. The van der Waals surface area contributed by atoms with Gasteiger partial charge in [0.25, 0.3) is 0 Å². The Balaban J connectivity index is 1.43. The molecule has 1 aliphatic carbocycles. The molecular weight excluding hydrogens is 250 g/mol. The van der Waals surface area contributed by atoms with Crippen molar-refractivity contribution in [3.8, 4) is 0 Å². The van der Waals surface area contributed by atoms with Gasteiger partial charge in [0.05, 0.1) is 0 Å². The summed E-state index contributed by atoms with van der Waals surface area (Å²) in [5.74, 6) is 2.23. The molecule has 0 spiro atoms. The zero-order valence-corrected chi connectivity index (χ0v) is 12.2. The molecule has 1 unspecified atom stereocenters. The maximum absolute atomic E-state index is 5.40. The summed E-state index contributed by atoms with van der Waals surface area (Å²) in [6.45, 7) is 2.86. The number of nitrogens with one attached hydrogen (secondary N) is 1. The van der Waals surface area contributed by atoms with Crippen molar-refractivity contribution in [1.82, 2.24) is 9.97 Å². The Labute approximate surface area is 121 Å². The minimum Gasteiger partial charge on any atom is -0.381 e. The van der Waals surface area contributed by atoms with Gasteiger partial charge in [0.1, 0.15) is 0 Å². The van der Waals surface area contributed by atoms with Crippen molar-refractivity contribution in [1.29, 1.82) is 0 Å². The van der Waals surface area contributed by atoms with Crippen molar-refractivity contribution in [2.45, 2.75) is 50.9 Å². The van der Waals surface area contributed by atoms with E-state index in [1.807, 2.05) is 6.20 Å². The molecule has 20 heavy (non-hydrogen) atoms. The van der Waals surface area contributed by atoms with Crippen molar-refractivity contribution >= 4 is 5.95 Å². The van der Waals surface area contributed by atoms with Gasteiger partial charge in [0, 0.05) is 37.6 Å². The second-order valence-corrected chi connectivity index (χ2v) is 6.09. The van der Waals surface area contributed by atoms with Crippen molar-refractivity contribution in [3.05, 3.63) is 18.0 Å². The van der Waals surface area contributed by atoms with E-state index in [0.29, 0.717) is 5.92 Å². The predicted octanol–water partition coefficient (Wildman–Crippen LogP) is 3.36. The fourth-order valence-electron chi connectivity index (χ4n) is 3.31. The summed E-state index contributed by atoms with van der Waals surface area (Å²) in [6.07, 6.45) is 10.8. The third-order valence-corrected chi connectivity index (χ3v) is 4.55. The van der Waals surface area contributed by atoms with Gasteiger partial charge >= 0.3 is 0 Å². The standard InChI is InChI=1S/C16H25N3O/c1-2-6-14(5-1)15-7-10-18-16(19-15)17-9-3-4-13-8-11-20-12-13/h7,10,13-14H,1-6,8-9,11-12H2,(H,17,18,19). The molecule has 1 aliphatic heterocycles. The van der Waals surface area contributed by atoms with Gasteiger partial charge in [-0.25, -0.2) is 9.97 Å². The Morgan fingerprint density at radius 3 is 2.95 bits per heavy atom. The summed E-state index contributed by atoms with van der Waals surface area (Å²) in [4.78, 5) is 9.01. The van der Waals surface area contributed by atoms with Gasteiger partial charge in [-0.1, -0.05) is 12.8 Å². The second kappa shape index (κ2) is 7.02. The number of nitrogens with zero attached hydrogens (tertiary/aromatic N) is 2. The highest BCUT2D eigenvalue weighted by Crippen LogP contribution is 2.32. The monoisotopic (exact) mass is 275 g/mol. The third kappa shape index (κ3) is 3.69. The molecule has 0 radical (unpaired) electrons. The molecule has 1 aromatic rings. The third-order valence-electron chi connectivity index (χ3n) is 4.55. The topological polar surface area (TPSA) is 47.0 Å². The first-order chi connectivity index (χ1) is 9.92. The first-order valence-electron chi connectivity index (χ1n) is 8.06. The summed E-state index contributed by atoms with van der Waals surface area (Å²) >= 11 is 0. The molecule has 2 fully saturated rings. The van der Waals surface area contributed by atoms with Gasteiger partial charge in [-0.15, -0.1) is 0 Å². The Morgan fingerprint density at radius 1 is 1.25 bits per heavy atom. The molecule has 1 aromatic heterocycles. The van der Waals surface area contributed by atoms with Crippen molar-refractivity contribution in [2.24, 2.45) is 5.92 Å². The molecule has 0 bridgehead atoms. The molecule has 1 saturated heterocycles. The summed E-state index contributed by atoms with van der Waals surface area (Å²) in [6, 6.07) is 2.08. The normalized spacial score (nSPS) is 23.3. The second-order valence-electron chi connectivity index (χ2n) is 6.09. The molecule has 1 N–H and O–H groups in total.